The summed E-state index contributed by atoms with van der Waals surface area (Å²) in [6.07, 6.45) is 2.58. The Morgan fingerprint density at radius 1 is 1.42 bits per heavy atom. The van der Waals surface area contributed by atoms with E-state index in [1.807, 2.05) is 37.4 Å². The monoisotopic (exact) mass is 268 g/mol. The van der Waals surface area contributed by atoms with Gasteiger partial charge in [0, 0.05) is 31.5 Å². The van der Waals surface area contributed by atoms with Gasteiger partial charge in [-0.1, -0.05) is 0 Å². The minimum atomic E-state index is -0.327. The second-order valence-electron chi connectivity index (χ2n) is 5.22. The largest absolute Gasteiger partial charge is 0.503 e. The lowest BCUT2D eigenvalue weighted by Crippen LogP contribution is -2.20. The number of hydrogen-bond acceptors (Lipinski definition) is 4. The van der Waals surface area contributed by atoms with Gasteiger partial charge in [-0.15, -0.1) is 0 Å². The van der Waals surface area contributed by atoms with Crippen molar-refractivity contribution in [1.82, 2.24) is 9.47 Å². The number of nitrogens with zero attached hydrogens (tertiary/aromatic N) is 2. The van der Waals surface area contributed by atoms with E-state index in [-0.39, 0.29) is 17.3 Å². The predicted octanol–water partition coefficient (Wildman–Crippen LogP) is 1.43. The van der Waals surface area contributed by atoms with Crippen LogP contribution >= 0.6 is 0 Å². The van der Waals surface area contributed by atoms with E-state index in [0.29, 0.717) is 13.2 Å². The highest BCUT2D eigenvalue weighted by Crippen LogP contribution is 2.08. The normalized spacial score (nSPS) is 11.5. The summed E-state index contributed by atoms with van der Waals surface area (Å²) >= 11 is 0. The molecule has 0 fully saturated rings. The smallest absolute Gasteiger partial charge is 0.223 e. The van der Waals surface area contributed by atoms with Crippen molar-refractivity contribution in [1.29, 1.82) is 0 Å². The summed E-state index contributed by atoms with van der Waals surface area (Å²) in [5.74, 6) is -0.202. The average Bonchev–Trinajstić information content (AvgIpc) is 2.29. The van der Waals surface area contributed by atoms with E-state index in [9.17, 15) is 9.90 Å². The van der Waals surface area contributed by atoms with E-state index in [1.54, 1.807) is 0 Å². The Labute approximate surface area is 114 Å². The van der Waals surface area contributed by atoms with Crippen LogP contribution in [0.5, 0.6) is 5.75 Å². The SMILES string of the molecule is CC(C)OCCCn1cc(O)c(=O)cc1CN(C)C. The minimum absolute atomic E-state index is 0.202. The van der Waals surface area contributed by atoms with Gasteiger partial charge in [-0.3, -0.25) is 4.79 Å². The van der Waals surface area contributed by atoms with Crippen molar-refractivity contribution < 1.29 is 9.84 Å². The first-order valence-corrected chi connectivity index (χ1v) is 6.59. The Balaban J connectivity index is 2.74. The number of rotatable bonds is 7. The fraction of sp³-hybridized carbons (Fsp3) is 0.643. The van der Waals surface area contributed by atoms with Crippen LogP contribution in [0.1, 0.15) is 26.0 Å². The molecule has 1 rings (SSSR count). The van der Waals surface area contributed by atoms with Crippen molar-refractivity contribution in [2.75, 3.05) is 20.7 Å². The van der Waals surface area contributed by atoms with Crippen molar-refractivity contribution in [2.24, 2.45) is 0 Å². The van der Waals surface area contributed by atoms with Gasteiger partial charge < -0.3 is 19.3 Å². The number of aryl methyl sites for hydroxylation is 1. The van der Waals surface area contributed by atoms with Gasteiger partial charge in [-0.05, 0) is 34.4 Å². The predicted molar refractivity (Wildman–Crippen MR) is 75.5 cm³/mol. The Morgan fingerprint density at radius 3 is 2.68 bits per heavy atom. The van der Waals surface area contributed by atoms with Gasteiger partial charge in [-0.25, -0.2) is 0 Å². The Kier molecular flexibility index (Phi) is 6.05. The quantitative estimate of drug-likeness (QED) is 0.760. The van der Waals surface area contributed by atoms with Gasteiger partial charge in [0.1, 0.15) is 0 Å². The topological polar surface area (TPSA) is 54.7 Å². The van der Waals surface area contributed by atoms with E-state index in [0.717, 1.165) is 18.7 Å². The number of aromatic hydroxyl groups is 1. The van der Waals surface area contributed by atoms with Crippen LogP contribution in [-0.4, -0.2) is 41.4 Å². The molecule has 1 aromatic heterocycles. The summed E-state index contributed by atoms with van der Waals surface area (Å²) in [5, 5.41) is 9.53. The number of aromatic nitrogens is 1. The molecule has 0 atom stereocenters. The molecule has 1 N–H and O–H groups in total. The summed E-state index contributed by atoms with van der Waals surface area (Å²) in [4.78, 5) is 13.5. The highest BCUT2D eigenvalue weighted by atomic mass is 16.5. The Bertz CT molecular complexity index is 452. The maximum Gasteiger partial charge on any atom is 0.223 e. The van der Waals surface area contributed by atoms with Crippen LogP contribution in [0.25, 0.3) is 0 Å². The second kappa shape index (κ2) is 7.31. The third-order valence-electron chi connectivity index (χ3n) is 2.67. The first-order chi connectivity index (χ1) is 8.90. The van der Waals surface area contributed by atoms with Crippen LogP contribution in [0.3, 0.4) is 0 Å². The fourth-order valence-electron chi connectivity index (χ4n) is 1.82. The molecular weight excluding hydrogens is 244 g/mol. The van der Waals surface area contributed by atoms with Crippen LogP contribution in [0, 0.1) is 0 Å². The van der Waals surface area contributed by atoms with Crippen molar-refractivity contribution in [2.45, 2.75) is 39.5 Å². The van der Waals surface area contributed by atoms with E-state index >= 15 is 0 Å². The molecule has 0 saturated heterocycles. The van der Waals surface area contributed by atoms with Crippen molar-refractivity contribution in [3.63, 3.8) is 0 Å². The highest BCUT2D eigenvalue weighted by Gasteiger charge is 2.07. The fourth-order valence-corrected chi connectivity index (χ4v) is 1.82. The molecule has 0 aliphatic rings. The number of pyridine rings is 1. The second-order valence-corrected chi connectivity index (χ2v) is 5.22. The molecule has 0 aromatic carbocycles. The van der Waals surface area contributed by atoms with Gasteiger partial charge in [0.25, 0.3) is 0 Å². The van der Waals surface area contributed by atoms with Crippen LogP contribution in [0.2, 0.25) is 0 Å². The van der Waals surface area contributed by atoms with Gasteiger partial charge in [0.05, 0.1) is 12.3 Å². The molecule has 1 heterocycles. The van der Waals surface area contributed by atoms with Gasteiger partial charge in [0.15, 0.2) is 5.75 Å². The standard InChI is InChI=1S/C14H24N2O3/c1-11(2)19-7-5-6-16-10-14(18)13(17)8-12(16)9-15(3)4/h8,10-11,18H,5-7,9H2,1-4H3. The summed E-state index contributed by atoms with van der Waals surface area (Å²) in [6.45, 7) is 6.07. The molecule has 0 bridgehead atoms. The lowest BCUT2D eigenvalue weighted by molar-refractivity contribution is 0.0746. The Hall–Kier alpha value is -1.33. The third kappa shape index (κ3) is 5.44. The van der Waals surface area contributed by atoms with E-state index in [2.05, 4.69) is 0 Å². The molecule has 0 unspecified atom stereocenters. The zero-order valence-electron chi connectivity index (χ0n) is 12.2. The molecule has 5 heteroatoms. The lowest BCUT2D eigenvalue weighted by atomic mass is 10.3. The van der Waals surface area contributed by atoms with Crippen LogP contribution in [0.15, 0.2) is 17.1 Å². The highest BCUT2D eigenvalue weighted by molar-refractivity contribution is 5.20. The zero-order chi connectivity index (χ0) is 14.4. The van der Waals surface area contributed by atoms with Crippen molar-refractivity contribution in [3.05, 3.63) is 28.2 Å². The summed E-state index contributed by atoms with van der Waals surface area (Å²) < 4.78 is 7.41. The average molecular weight is 268 g/mol. The Morgan fingerprint density at radius 2 is 2.11 bits per heavy atom. The molecule has 0 aliphatic heterocycles. The first kappa shape index (κ1) is 15.7. The molecule has 0 saturated carbocycles. The maximum atomic E-state index is 11.5. The van der Waals surface area contributed by atoms with E-state index in [4.69, 9.17) is 4.74 Å². The van der Waals surface area contributed by atoms with Crippen LogP contribution in [0.4, 0.5) is 0 Å². The summed E-state index contributed by atoms with van der Waals surface area (Å²) in [5.41, 5.74) is 0.573. The lowest BCUT2D eigenvalue weighted by Gasteiger charge is -2.17. The first-order valence-electron chi connectivity index (χ1n) is 6.59. The van der Waals surface area contributed by atoms with Crippen LogP contribution < -0.4 is 5.43 Å². The van der Waals surface area contributed by atoms with E-state index < -0.39 is 0 Å². The summed E-state index contributed by atoms with van der Waals surface area (Å²) in [7, 11) is 3.90. The van der Waals surface area contributed by atoms with Crippen molar-refractivity contribution >= 4 is 0 Å². The van der Waals surface area contributed by atoms with Crippen LogP contribution in [-0.2, 0) is 17.8 Å². The molecule has 5 nitrogen and oxygen atoms in total. The third-order valence-corrected chi connectivity index (χ3v) is 2.67. The molecule has 1 aromatic rings. The zero-order valence-corrected chi connectivity index (χ0v) is 12.2. The van der Waals surface area contributed by atoms with Gasteiger partial charge >= 0.3 is 0 Å². The molecular formula is C14H24N2O3. The van der Waals surface area contributed by atoms with Crippen molar-refractivity contribution in [3.8, 4) is 5.75 Å². The molecule has 0 spiro atoms. The number of ether oxygens (including phenoxy) is 1. The molecule has 0 aliphatic carbocycles. The molecule has 0 amide bonds. The van der Waals surface area contributed by atoms with Gasteiger partial charge in [-0.2, -0.15) is 0 Å². The van der Waals surface area contributed by atoms with E-state index in [1.165, 1.54) is 12.3 Å². The maximum absolute atomic E-state index is 11.5. The van der Waals surface area contributed by atoms with Gasteiger partial charge in [0.2, 0.25) is 5.43 Å². The minimum Gasteiger partial charge on any atom is -0.503 e. The number of hydrogen-bond donors (Lipinski definition) is 1. The summed E-state index contributed by atoms with van der Waals surface area (Å²) in [6, 6.07) is 1.50. The molecule has 108 valence electrons. The molecule has 19 heavy (non-hydrogen) atoms. The molecule has 0 radical (unpaired) electrons.